The van der Waals surface area contributed by atoms with Gasteiger partial charge in [-0.25, -0.2) is 4.98 Å². The van der Waals surface area contributed by atoms with E-state index in [1.807, 2.05) is 55.1 Å². The van der Waals surface area contributed by atoms with Gasteiger partial charge in [0.15, 0.2) is 5.78 Å². The number of amides is 1. The van der Waals surface area contributed by atoms with Gasteiger partial charge in [-0.05, 0) is 62.1 Å². The van der Waals surface area contributed by atoms with E-state index in [0.717, 1.165) is 70.6 Å². The third kappa shape index (κ3) is 3.70. The Balaban J connectivity index is 1.35. The molecule has 1 amide bonds. The Labute approximate surface area is 185 Å². The van der Waals surface area contributed by atoms with Crippen molar-refractivity contribution in [3.05, 3.63) is 70.7 Å². The quantitative estimate of drug-likeness (QED) is 0.466. The molecular formula is C25H25N5O2. The molecule has 3 aromatic heterocycles. The fourth-order valence-corrected chi connectivity index (χ4v) is 4.23. The molecule has 0 spiro atoms. The van der Waals surface area contributed by atoms with Gasteiger partial charge in [0.2, 0.25) is 0 Å². The minimum atomic E-state index is -0.0259. The van der Waals surface area contributed by atoms with Crippen LogP contribution in [0, 0.1) is 13.8 Å². The van der Waals surface area contributed by atoms with Crippen molar-refractivity contribution in [2.45, 2.75) is 33.1 Å². The number of rotatable bonds is 5. The average Bonchev–Trinajstić information content (AvgIpc) is 3.54. The van der Waals surface area contributed by atoms with Crippen LogP contribution in [0.5, 0.6) is 0 Å². The first-order valence-electron chi connectivity index (χ1n) is 10.9. The molecule has 4 heterocycles. The molecule has 0 atom stereocenters. The largest absolute Gasteiger partial charge is 0.339 e. The third-order valence-corrected chi connectivity index (χ3v) is 6.24. The van der Waals surface area contributed by atoms with E-state index >= 15 is 0 Å². The Morgan fingerprint density at radius 3 is 2.50 bits per heavy atom. The summed E-state index contributed by atoms with van der Waals surface area (Å²) < 4.78 is 0. The van der Waals surface area contributed by atoms with E-state index in [2.05, 4.69) is 20.2 Å². The summed E-state index contributed by atoms with van der Waals surface area (Å²) in [6.45, 7) is 5.50. The summed E-state index contributed by atoms with van der Waals surface area (Å²) in [6, 6.07) is 11.7. The van der Waals surface area contributed by atoms with Crippen LogP contribution in [0.3, 0.4) is 0 Å². The van der Waals surface area contributed by atoms with Crippen LogP contribution >= 0.6 is 0 Å². The first-order valence-corrected chi connectivity index (χ1v) is 10.9. The molecule has 0 aliphatic carbocycles. The topological polar surface area (TPSA) is 94.7 Å². The lowest BCUT2D eigenvalue weighted by Crippen LogP contribution is -2.27. The van der Waals surface area contributed by atoms with E-state index in [4.69, 9.17) is 0 Å². The number of H-pyrrole nitrogens is 2. The van der Waals surface area contributed by atoms with E-state index in [-0.39, 0.29) is 18.1 Å². The highest BCUT2D eigenvalue weighted by molar-refractivity contribution is 5.98. The number of nitrogens with zero attached hydrogens (tertiary/aromatic N) is 3. The van der Waals surface area contributed by atoms with Crippen molar-refractivity contribution in [3.63, 3.8) is 0 Å². The Kier molecular flexibility index (Phi) is 5.09. The summed E-state index contributed by atoms with van der Waals surface area (Å²) in [5.74, 6) is 0.0750. The number of carbonyl (C=O) groups excluding carboxylic acids is 2. The highest BCUT2D eigenvalue weighted by Crippen LogP contribution is 2.25. The van der Waals surface area contributed by atoms with E-state index in [9.17, 15) is 9.59 Å². The van der Waals surface area contributed by atoms with Gasteiger partial charge in [-0.1, -0.05) is 12.1 Å². The lowest BCUT2D eigenvalue weighted by molar-refractivity contribution is 0.0792. The van der Waals surface area contributed by atoms with Crippen LogP contribution < -0.4 is 0 Å². The fraction of sp³-hybridized carbons (Fsp3) is 0.280. The van der Waals surface area contributed by atoms with E-state index < -0.39 is 0 Å². The maximum atomic E-state index is 12.6. The van der Waals surface area contributed by atoms with Crippen molar-refractivity contribution >= 4 is 22.7 Å². The zero-order chi connectivity index (χ0) is 22.2. The number of fused-ring (bicyclic) bond motifs is 1. The molecule has 1 aliphatic heterocycles. The summed E-state index contributed by atoms with van der Waals surface area (Å²) >= 11 is 0. The second-order valence-corrected chi connectivity index (χ2v) is 8.46. The lowest BCUT2D eigenvalue weighted by atomic mass is 10.0. The predicted molar refractivity (Wildman–Crippen MR) is 123 cm³/mol. The number of nitrogens with one attached hydrogen (secondary N) is 2. The van der Waals surface area contributed by atoms with E-state index in [1.165, 1.54) is 0 Å². The standard InChI is InChI=1S/C25H25N5O2/c1-15-16(2)28-29-23(15)22(31)12-17-11-20-13-21(27-24(20)26-14-17)18-5-7-19(8-6-18)25(32)30-9-3-4-10-30/h5-8,11,13-14H,3-4,9-10,12H2,1-2H3,(H,26,27)(H,28,29). The van der Waals surface area contributed by atoms with Gasteiger partial charge >= 0.3 is 0 Å². The highest BCUT2D eigenvalue weighted by Gasteiger charge is 2.19. The first-order chi connectivity index (χ1) is 15.5. The number of ketones is 1. The maximum Gasteiger partial charge on any atom is 0.253 e. The van der Waals surface area contributed by atoms with Gasteiger partial charge in [0.1, 0.15) is 11.3 Å². The van der Waals surface area contributed by atoms with Gasteiger partial charge in [0.25, 0.3) is 5.91 Å². The Bertz CT molecular complexity index is 1310. The summed E-state index contributed by atoms with van der Waals surface area (Å²) in [6.07, 6.45) is 4.15. The smallest absolute Gasteiger partial charge is 0.253 e. The second-order valence-electron chi connectivity index (χ2n) is 8.46. The normalized spacial score (nSPS) is 13.8. The van der Waals surface area contributed by atoms with Gasteiger partial charge in [0, 0.05) is 53.6 Å². The van der Waals surface area contributed by atoms with Crippen molar-refractivity contribution in [1.29, 1.82) is 0 Å². The number of pyridine rings is 1. The third-order valence-electron chi connectivity index (χ3n) is 6.24. The van der Waals surface area contributed by atoms with Crippen LogP contribution in [0.25, 0.3) is 22.3 Å². The Morgan fingerprint density at radius 2 is 1.81 bits per heavy atom. The molecule has 2 N–H and O–H groups in total. The molecule has 1 aliphatic rings. The number of aromatic amines is 2. The Hall–Kier alpha value is -3.74. The highest BCUT2D eigenvalue weighted by atomic mass is 16.2. The number of aryl methyl sites for hydroxylation is 1. The zero-order valence-corrected chi connectivity index (χ0v) is 18.2. The van der Waals surface area contributed by atoms with Crippen molar-refractivity contribution in [1.82, 2.24) is 25.1 Å². The van der Waals surface area contributed by atoms with Gasteiger partial charge in [-0.3, -0.25) is 14.7 Å². The number of hydrogen-bond acceptors (Lipinski definition) is 4. The molecule has 162 valence electrons. The van der Waals surface area contributed by atoms with E-state index in [0.29, 0.717) is 5.69 Å². The average molecular weight is 428 g/mol. The molecular weight excluding hydrogens is 402 g/mol. The molecule has 0 radical (unpaired) electrons. The van der Waals surface area contributed by atoms with Crippen molar-refractivity contribution < 1.29 is 9.59 Å². The van der Waals surface area contributed by atoms with E-state index in [1.54, 1.807) is 6.20 Å². The Morgan fingerprint density at radius 1 is 1.06 bits per heavy atom. The summed E-state index contributed by atoms with van der Waals surface area (Å²) in [7, 11) is 0. The fourth-order valence-electron chi connectivity index (χ4n) is 4.23. The van der Waals surface area contributed by atoms with Gasteiger partial charge in [-0.2, -0.15) is 5.10 Å². The van der Waals surface area contributed by atoms with Crippen molar-refractivity contribution in [2.75, 3.05) is 13.1 Å². The molecule has 1 fully saturated rings. The molecule has 0 saturated carbocycles. The van der Waals surface area contributed by atoms with Gasteiger partial charge in [0.05, 0.1) is 0 Å². The number of carbonyl (C=O) groups is 2. The molecule has 0 unspecified atom stereocenters. The molecule has 7 nitrogen and oxygen atoms in total. The minimum absolute atomic E-state index is 0.0259. The monoisotopic (exact) mass is 427 g/mol. The number of hydrogen-bond donors (Lipinski definition) is 2. The van der Waals surface area contributed by atoms with Crippen LogP contribution in [-0.4, -0.2) is 49.8 Å². The SMILES string of the molecule is Cc1[nH]nc(C(=O)Cc2cnc3[nH]c(-c4ccc(C(=O)N5CCCC5)cc4)cc3c2)c1C. The molecule has 1 saturated heterocycles. The maximum absolute atomic E-state index is 12.6. The number of benzene rings is 1. The van der Waals surface area contributed by atoms with Gasteiger partial charge < -0.3 is 9.88 Å². The van der Waals surface area contributed by atoms with Crippen molar-refractivity contribution in [3.8, 4) is 11.3 Å². The van der Waals surface area contributed by atoms with Crippen LogP contribution in [0.15, 0.2) is 42.6 Å². The van der Waals surface area contributed by atoms with Crippen LogP contribution in [-0.2, 0) is 6.42 Å². The van der Waals surface area contributed by atoms with Crippen LogP contribution in [0.2, 0.25) is 0 Å². The molecule has 5 rings (SSSR count). The zero-order valence-electron chi connectivity index (χ0n) is 18.2. The molecule has 32 heavy (non-hydrogen) atoms. The molecule has 1 aromatic carbocycles. The van der Waals surface area contributed by atoms with Crippen LogP contribution in [0.4, 0.5) is 0 Å². The second kappa shape index (κ2) is 8.07. The summed E-state index contributed by atoms with van der Waals surface area (Å²) in [4.78, 5) is 35.0. The number of likely N-dealkylation sites (tertiary alicyclic amines) is 1. The minimum Gasteiger partial charge on any atom is -0.339 e. The molecule has 7 heteroatoms. The first kappa shape index (κ1) is 20.2. The van der Waals surface area contributed by atoms with Crippen LogP contribution in [0.1, 0.15) is 50.5 Å². The predicted octanol–water partition coefficient (Wildman–Crippen LogP) is 4.23. The molecule has 4 aromatic rings. The van der Waals surface area contributed by atoms with Gasteiger partial charge in [-0.15, -0.1) is 0 Å². The number of Topliss-reactive ketones (excluding diaryl/α,β-unsaturated/α-hetero) is 1. The summed E-state index contributed by atoms with van der Waals surface area (Å²) in [5.41, 5.74) is 6.52. The summed E-state index contributed by atoms with van der Waals surface area (Å²) in [5, 5.41) is 7.94. The number of aromatic nitrogens is 4. The lowest BCUT2D eigenvalue weighted by Gasteiger charge is -2.15. The van der Waals surface area contributed by atoms with Crippen molar-refractivity contribution in [2.24, 2.45) is 0 Å². The molecule has 0 bridgehead atoms.